The largest absolute Gasteiger partial charge is 0.366 e. The van der Waals surface area contributed by atoms with Gasteiger partial charge in [0, 0.05) is 30.9 Å². The van der Waals surface area contributed by atoms with E-state index >= 15 is 0 Å². The summed E-state index contributed by atoms with van der Waals surface area (Å²) >= 11 is 0. The van der Waals surface area contributed by atoms with E-state index in [0.717, 1.165) is 24.3 Å². The molecule has 1 heterocycles. The maximum atomic E-state index is 13.4. The van der Waals surface area contributed by atoms with Crippen LogP contribution >= 0.6 is 0 Å². The summed E-state index contributed by atoms with van der Waals surface area (Å²) in [6.07, 6.45) is 1.18. The molecule has 3 unspecified atom stereocenters. The van der Waals surface area contributed by atoms with Gasteiger partial charge in [-0.25, -0.2) is 4.39 Å². The summed E-state index contributed by atoms with van der Waals surface area (Å²) in [5, 5.41) is 3.63. The van der Waals surface area contributed by atoms with Crippen LogP contribution in [0, 0.1) is 18.7 Å². The molecule has 0 spiro atoms. The van der Waals surface area contributed by atoms with Crippen molar-refractivity contribution in [2.75, 3.05) is 18.0 Å². The van der Waals surface area contributed by atoms with Gasteiger partial charge in [-0.15, -0.1) is 0 Å². The lowest BCUT2D eigenvalue weighted by molar-refractivity contribution is 0.316. The van der Waals surface area contributed by atoms with Crippen molar-refractivity contribution < 1.29 is 4.39 Å². The van der Waals surface area contributed by atoms with Crippen LogP contribution in [-0.4, -0.2) is 25.2 Å². The fourth-order valence-electron chi connectivity index (χ4n) is 2.72. The Labute approximate surface area is 116 Å². The van der Waals surface area contributed by atoms with E-state index in [2.05, 4.69) is 31.0 Å². The predicted octanol–water partition coefficient (Wildman–Crippen LogP) is 3.35. The van der Waals surface area contributed by atoms with Crippen molar-refractivity contribution in [3.8, 4) is 0 Å². The second-order valence-corrected chi connectivity index (χ2v) is 5.84. The lowest BCUT2D eigenvalue weighted by Gasteiger charge is -2.42. The molecule has 1 N–H and O–H groups in total. The molecule has 3 heteroatoms. The van der Waals surface area contributed by atoms with E-state index in [0.29, 0.717) is 18.0 Å². The van der Waals surface area contributed by atoms with Crippen molar-refractivity contribution in [1.82, 2.24) is 5.32 Å². The van der Waals surface area contributed by atoms with Gasteiger partial charge in [-0.2, -0.15) is 0 Å². The Hall–Kier alpha value is -1.09. The Morgan fingerprint density at radius 2 is 2.21 bits per heavy atom. The summed E-state index contributed by atoms with van der Waals surface area (Å²) < 4.78 is 13.4. The second-order valence-electron chi connectivity index (χ2n) is 5.84. The first-order valence-corrected chi connectivity index (χ1v) is 7.29. The van der Waals surface area contributed by atoms with Gasteiger partial charge in [-0.1, -0.05) is 20.3 Å². The number of benzene rings is 1. The standard InChI is InChI=1S/C16H25FN2/c1-5-11(2)16-10-19(13(4)9-18-16)14-6-7-15(17)12(3)8-14/h6-8,11,13,16,18H,5,9-10H2,1-4H3. The lowest BCUT2D eigenvalue weighted by atomic mass is 9.95. The fourth-order valence-corrected chi connectivity index (χ4v) is 2.72. The molecule has 0 aromatic heterocycles. The van der Waals surface area contributed by atoms with Crippen molar-refractivity contribution in [2.24, 2.45) is 5.92 Å². The second kappa shape index (κ2) is 5.91. The lowest BCUT2D eigenvalue weighted by Crippen LogP contribution is -2.57. The third kappa shape index (κ3) is 3.08. The van der Waals surface area contributed by atoms with Gasteiger partial charge in [-0.3, -0.25) is 0 Å². The third-order valence-electron chi connectivity index (χ3n) is 4.40. The Balaban J connectivity index is 2.18. The molecule has 0 radical (unpaired) electrons. The highest BCUT2D eigenvalue weighted by molar-refractivity contribution is 5.50. The van der Waals surface area contributed by atoms with Crippen LogP contribution in [0.15, 0.2) is 18.2 Å². The maximum Gasteiger partial charge on any atom is 0.126 e. The topological polar surface area (TPSA) is 15.3 Å². The molecule has 0 aliphatic carbocycles. The highest BCUT2D eigenvalue weighted by Crippen LogP contribution is 2.24. The van der Waals surface area contributed by atoms with E-state index in [1.54, 1.807) is 6.07 Å². The zero-order chi connectivity index (χ0) is 14.0. The first-order chi connectivity index (χ1) is 9.02. The van der Waals surface area contributed by atoms with Crippen LogP contribution in [0.5, 0.6) is 0 Å². The molecule has 0 amide bonds. The molecule has 19 heavy (non-hydrogen) atoms. The molecule has 106 valence electrons. The Morgan fingerprint density at radius 3 is 2.84 bits per heavy atom. The smallest absolute Gasteiger partial charge is 0.126 e. The zero-order valence-electron chi connectivity index (χ0n) is 12.4. The van der Waals surface area contributed by atoms with Gasteiger partial charge in [0.05, 0.1) is 0 Å². The van der Waals surface area contributed by atoms with Gasteiger partial charge < -0.3 is 10.2 Å². The molecule has 1 saturated heterocycles. The van der Waals surface area contributed by atoms with Gasteiger partial charge >= 0.3 is 0 Å². The molecular weight excluding hydrogens is 239 g/mol. The average Bonchev–Trinajstić information content (AvgIpc) is 2.41. The minimum Gasteiger partial charge on any atom is -0.366 e. The molecule has 2 rings (SSSR count). The number of nitrogens with zero attached hydrogens (tertiary/aromatic N) is 1. The molecule has 0 saturated carbocycles. The van der Waals surface area contributed by atoms with Gasteiger partial charge in [0.25, 0.3) is 0 Å². The van der Waals surface area contributed by atoms with Crippen LogP contribution in [0.1, 0.15) is 32.8 Å². The molecule has 0 bridgehead atoms. The van der Waals surface area contributed by atoms with Crippen LogP contribution < -0.4 is 10.2 Å². The highest BCUT2D eigenvalue weighted by Gasteiger charge is 2.27. The Kier molecular flexibility index (Phi) is 4.46. The van der Waals surface area contributed by atoms with Crippen LogP contribution in [0.2, 0.25) is 0 Å². The molecule has 2 nitrogen and oxygen atoms in total. The van der Waals surface area contributed by atoms with E-state index < -0.39 is 0 Å². The number of anilines is 1. The molecule has 1 aromatic rings. The highest BCUT2D eigenvalue weighted by atomic mass is 19.1. The first kappa shape index (κ1) is 14.3. The van der Waals surface area contributed by atoms with E-state index in [1.165, 1.54) is 6.42 Å². The predicted molar refractivity (Wildman–Crippen MR) is 79.2 cm³/mol. The summed E-state index contributed by atoms with van der Waals surface area (Å²) in [5.74, 6) is 0.543. The van der Waals surface area contributed by atoms with Gasteiger partial charge in [0.1, 0.15) is 5.82 Å². The molecule has 1 aromatic carbocycles. The number of piperazine rings is 1. The Bertz CT molecular complexity index is 433. The summed E-state index contributed by atoms with van der Waals surface area (Å²) in [5.41, 5.74) is 1.87. The van der Waals surface area contributed by atoms with Crippen LogP contribution in [0.4, 0.5) is 10.1 Å². The fraction of sp³-hybridized carbons (Fsp3) is 0.625. The molecular formula is C16H25FN2. The van der Waals surface area contributed by atoms with Gasteiger partial charge in [-0.05, 0) is 43.5 Å². The molecule has 3 atom stereocenters. The van der Waals surface area contributed by atoms with E-state index in [1.807, 2.05) is 19.1 Å². The number of hydrogen-bond donors (Lipinski definition) is 1. The SMILES string of the molecule is CCC(C)C1CN(c2ccc(F)c(C)c2)C(C)CN1. The van der Waals surface area contributed by atoms with Crippen molar-refractivity contribution in [1.29, 1.82) is 0 Å². The third-order valence-corrected chi connectivity index (χ3v) is 4.40. The molecule has 1 fully saturated rings. The van der Waals surface area contributed by atoms with Crippen LogP contribution in [0.25, 0.3) is 0 Å². The number of halogens is 1. The summed E-state index contributed by atoms with van der Waals surface area (Å²) in [4.78, 5) is 2.40. The zero-order valence-corrected chi connectivity index (χ0v) is 12.4. The average molecular weight is 264 g/mol. The number of rotatable bonds is 3. The number of nitrogens with one attached hydrogen (secondary N) is 1. The minimum atomic E-state index is -0.120. The number of aryl methyl sites for hydroxylation is 1. The van der Waals surface area contributed by atoms with Crippen molar-refractivity contribution >= 4 is 5.69 Å². The monoisotopic (exact) mass is 264 g/mol. The summed E-state index contributed by atoms with van der Waals surface area (Å²) in [7, 11) is 0. The maximum absolute atomic E-state index is 13.4. The van der Waals surface area contributed by atoms with E-state index in [9.17, 15) is 4.39 Å². The summed E-state index contributed by atoms with van der Waals surface area (Å²) in [6, 6.07) is 6.41. The molecule has 1 aliphatic rings. The van der Waals surface area contributed by atoms with Crippen LogP contribution in [0.3, 0.4) is 0 Å². The Morgan fingerprint density at radius 1 is 1.47 bits per heavy atom. The number of hydrogen-bond acceptors (Lipinski definition) is 2. The van der Waals surface area contributed by atoms with E-state index in [-0.39, 0.29) is 5.82 Å². The normalized spacial score (nSPS) is 25.4. The van der Waals surface area contributed by atoms with Crippen molar-refractivity contribution in [3.05, 3.63) is 29.6 Å². The first-order valence-electron chi connectivity index (χ1n) is 7.29. The van der Waals surface area contributed by atoms with Crippen LogP contribution in [-0.2, 0) is 0 Å². The quantitative estimate of drug-likeness (QED) is 0.900. The minimum absolute atomic E-state index is 0.120. The van der Waals surface area contributed by atoms with Gasteiger partial charge in [0.2, 0.25) is 0 Å². The molecule has 1 aliphatic heterocycles. The van der Waals surface area contributed by atoms with Crippen molar-refractivity contribution in [3.63, 3.8) is 0 Å². The summed E-state index contributed by atoms with van der Waals surface area (Å²) in [6.45, 7) is 10.6. The van der Waals surface area contributed by atoms with Crippen molar-refractivity contribution in [2.45, 2.75) is 46.2 Å². The van der Waals surface area contributed by atoms with Gasteiger partial charge in [0.15, 0.2) is 0 Å². The van der Waals surface area contributed by atoms with E-state index in [4.69, 9.17) is 0 Å².